The second kappa shape index (κ2) is 13.5. The molecule has 1 N–H and O–H groups in total. The van der Waals surface area contributed by atoms with Crippen molar-refractivity contribution >= 4 is 40.7 Å². The van der Waals surface area contributed by atoms with Crippen molar-refractivity contribution < 1.29 is 22.8 Å². The van der Waals surface area contributed by atoms with Crippen LogP contribution in [0.1, 0.15) is 40.2 Å². The van der Waals surface area contributed by atoms with Crippen molar-refractivity contribution in [2.45, 2.75) is 32.6 Å². The Morgan fingerprint density at radius 2 is 1.54 bits per heavy atom. The molecule has 2 aromatic carbocycles. The van der Waals surface area contributed by atoms with E-state index < -0.39 is 17.8 Å². The smallest absolute Gasteiger partial charge is 0.340 e. The van der Waals surface area contributed by atoms with E-state index in [4.69, 9.17) is 23.2 Å². The summed E-state index contributed by atoms with van der Waals surface area (Å²) in [5.74, 6) is -0.201. The Bertz CT molecular complexity index is 1890. The van der Waals surface area contributed by atoms with Crippen LogP contribution in [0.5, 0.6) is 0 Å². The number of nitrogens with zero attached hydrogens (tertiary/aromatic N) is 6. The molecule has 4 heterocycles. The molecule has 14 heteroatoms. The number of carbonyl (C=O) groups is 2. The molecule has 4 aromatic rings. The highest BCUT2D eigenvalue weighted by atomic mass is 35.5. The van der Waals surface area contributed by atoms with Crippen LogP contribution in [0.4, 0.5) is 18.9 Å². The number of likely N-dealkylation sites (N-methyl/N-ethyl adjacent to an activating group) is 1. The molecule has 0 atom stereocenters. The summed E-state index contributed by atoms with van der Waals surface area (Å²) in [7, 11) is 3.82. The predicted molar refractivity (Wildman–Crippen MR) is 179 cm³/mol. The number of fused-ring (bicyclic) bond motifs is 1. The number of pyridine rings is 1. The van der Waals surface area contributed by atoms with E-state index in [0.29, 0.717) is 55.1 Å². The highest BCUT2D eigenvalue weighted by molar-refractivity contribution is 6.39. The summed E-state index contributed by atoms with van der Waals surface area (Å²) < 4.78 is 44.8. The van der Waals surface area contributed by atoms with Crippen molar-refractivity contribution in [2.75, 3.05) is 45.1 Å². The number of benzene rings is 2. The quantitative estimate of drug-likeness (QED) is 0.252. The highest BCUT2D eigenvalue weighted by Crippen LogP contribution is 2.42. The lowest BCUT2D eigenvalue weighted by atomic mass is 9.99. The molecule has 2 amide bonds. The summed E-state index contributed by atoms with van der Waals surface area (Å²) in [5, 5.41) is 3.24. The third-order valence-corrected chi connectivity index (χ3v) is 9.73. The molecule has 0 radical (unpaired) electrons. The number of imidazole rings is 1. The molecule has 2 aromatic heterocycles. The zero-order valence-electron chi connectivity index (χ0n) is 26.7. The van der Waals surface area contributed by atoms with E-state index in [9.17, 15) is 22.8 Å². The zero-order chi connectivity index (χ0) is 34.3. The number of piperazine rings is 1. The Labute approximate surface area is 286 Å². The molecular formula is C34H34Cl2F3N7O2. The topological polar surface area (TPSA) is 86.6 Å². The van der Waals surface area contributed by atoms with Gasteiger partial charge in [0.1, 0.15) is 5.69 Å². The van der Waals surface area contributed by atoms with Crippen molar-refractivity contribution in [1.82, 2.24) is 29.2 Å². The van der Waals surface area contributed by atoms with Crippen LogP contribution in [-0.4, -0.2) is 80.8 Å². The van der Waals surface area contributed by atoms with Crippen LogP contribution < -0.4 is 5.32 Å². The lowest BCUT2D eigenvalue weighted by Gasteiger charge is -2.34. The fourth-order valence-corrected chi connectivity index (χ4v) is 6.89. The fraction of sp³-hybridized carbons (Fsp3) is 0.353. The monoisotopic (exact) mass is 699 g/mol. The molecule has 1 fully saturated rings. The van der Waals surface area contributed by atoms with Gasteiger partial charge in [0.05, 0.1) is 27.1 Å². The molecule has 0 aliphatic carbocycles. The van der Waals surface area contributed by atoms with E-state index in [0.717, 1.165) is 24.4 Å². The third-order valence-electron chi connectivity index (χ3n) is 8.92. The van der Waals surface area contributed by atoms with Crippen molar-refractivity contribution in [3.63, 3.8) is 0 Å². The van der Waals surface area contributed by atoms with Gasteiger partial charge >= 0.3 is 6.18 Å². The van der Waals surface area contributed by atoms with Gasteiger partial charge in [-0.15, -0.1) is 0 Å². The normalized spacial score (nSPS) is 15.8. The molecule has 0 bridgehead atoms. The van der Waals surface area contributed by atoms with Crippen LogP contribution in [0.25, 0.3) is 22.4 Å². The zero-order valence-corrected chi connectivity index (χ0v) is 28.2. The lowest BCUT2D eigenvalue weighted by Crippen LogP contribution is -2.47. The lowest BCUT2D eigenvalue weighted by molar-refractivity contribution is -0.142. The predicted octanol–water partition coefficient (Wildman–Crippen LogP) is 6.38. The minimum atomic E-state index is -4.70. The Kier molecular flexibility index (Phi) is 9.54. The number of anilines is 1. The summed E-state index contributed by atoms with van der Waals surface area (Å²) in [6, 6.07) is 13.0. The summed E-state index contributed by atoms with van der Waals surface area (Å²) in [6.45, 7) is 4.91. The Morgan fingerprint density at radius 1 is 0.875 bits per heavy atom. The van der Waals surface area contributed by atoms with Gasteiger partial charge in [-0.3, -0.25) is 14.5 Å². The maximum Gasteiger partial charge on any atom is 0.433 e. The summed E-state index contributed by atoms with van der Waals surface area (Å²) in [5.41, 5.74) is 2.59. The van der Waals surface area contributed by atoms with E-state index in [2.05, 4.69) is 20.2 Å². The number of alkyl halides is 3. The molecule has 252 valence electrons. The van der Waals surface area contributed by atoms with Crippen molar-refractivity contribution in [2.24, 2.45) is 7.05 Å². The van der Waals surface area contributed by atoms with Gasteiger partial charge in [-0.2, -0.15) is 13.2 Å². The fourth-order valence-electron chi connectivity index (χ4n) is 6.29. The Morgan fingerprint density at radius 3 is 2.23 bits per heavy atom. The van der Waals surface area contributed by atoms with Crippen LogP contribution in [0.15, 0.2) is 48.5 Å². The van der Waals surface area contributed by atoms with Gasteiger partial charge < -0.3 is 19.7 Å². The molecule has 2 aliphatic rings. The van der Waals surface area contributed by atoms with Gasteiger partial charge in [0.2, 0.25) is 5.91 Å². The minimum absolute atomic E-state index is 0.0434. The number of carbonyl (C=O) groups excluding carboxylic acids is 2. The number of hydrogen-bond donors (Lipinski definition) is 1. The number of hydrogen-bond acceptors (Lipinski definition) is 6. The third kappa shape index (κ3) is 6.80. The molecule has 0 unspecified atom stereocenters. The van der Waals surface area contributed by atoms with E-state index in [1.165, 1.54) is 19.1 Å². The van der Waals surface area contributed by atoms with E-state index >= 15 is 0 Å². The number of nitrogens with one attached hydrogen (secondary N) is 1. The second-order valence-electron chi connectivity index (χ2n) is 12.1. The summed E-state index contributed by atoms with van der Waals surface area (Å²) in [4.78, 5) is 39.3. The van der Waals surface area contributed by atoms with Crippen molar-refractivity contribution in [3.8, 4) is 22.4 Å². The van der Waals surface area contributed by atoms with Gasteiger partial charge in [-0.05, 0) is 24.7 Å². The van der Waals surface area contributed by atoms with Gasteiger partial charge in [-0.25, -0.2) is 9.97 Å². The number of rotatable bonds is 6. The molecule has 1 saturated heterocycles. The van der Waals surface area contributed by atoms with E-state index in [-0.39, 0.29) is 39.6 Å². The van der Waals surface area contributed by atoms with E-state index in [1.807, 2.05) is 19.0 Å². The molecule has 0 saturated carbocycles. The van der Waals surface area contributed by atoms with Gasteiger partial charge in [0.25, 0.3) is 5.91 Å². The summed E-state index contributed by atoms with van der Waals surface area (Å²) in [6.07, 6.45) is -3.91. The number of aromatic nitrogens is 3. The molecule has 6 rings (SSSR count). The number of amides is 2. The molecule has 9 nitrogen and oxygen atoms in total. The van der Waals surface area contributed by atoms with Crippen LogP contribution in [0.2, 0.25) is 10.0 Å². The standard InChI is InChI=1S/C34H34Cl2F3N7O2/c1-20(47)46-16-14-45(15-17-46)18-21-10-11-25(40-31(21)34(37,38)39)24-8-4-6-22(29(24)35)23-7-5-9-26(30(23)36)42-33(48)32-41-27-19-43(2)13-12-28(27)44(32)3/h4-11H,12-19H2,1-3H3,(H,42,48). The number of halogens is 5. The first kappa shape index (κ1) is 33.9. The van der Waals surface area contributed by atoms with E-state index in [1.54, 1.807) is 45.9 Å². The maximum absolute atomic E-state index is 14.3. The van der Waals surface area contributed by atoms with Crippen LogP contribution in [0.3, 0.4) is 0 Å². The minimum Gasteiger partial charge on any atom is -0.340 e. The molecule has 48 heavy (non-hydrogen) atoms. The largest absolute Gasteiger partial charge is 0.433 e. The molecule has 2 aliphatic heterocycles. The van der Waals surface area contributed by atoms with Crippen molar-refractivity contribution in [1.29, 1.82) is 0 Å². The maximum atomic E-state index is 14.3. The first-order valence-electron chi connectivity index (χ1n) is 15.5. The second-order valence-corrected chi connectivity index (χ2v) is 12.9. The van der Waals surface area contributed by atoms with Crippen LogP contribution in [0, 0.1) is 0 Å². The summed E-state index contributed by atoms with van der Waals surface area (Å²) >= 11 is 13.7. The highest BCUT2D eigenvalue weighted by Gasteiger charge is 2.36. The molecule has 0 spiro atoms. The Hall–Kier alpha value is -3.97. The first-order valence-corrected chi connectivity index (χ1v) is 16.2. The van der Waals surface area contributed by atoms with Crippen molar-refractivity contribution in [3.05, 3.63) is 87.0 Å². The van der Waals surface area contributed by atoms with Gasteiger partial charge in [0.15, 0.2) is 5.82 Å². The Balaban J connectivity index is 1.27. The first-order chi connectivity index (χ1) is 22.8. The van der Waals surface area contributed by atoms with Crippen LogP contribution >= 0.6 is 23.2 Å². The average Bonchev–Trinajstić information content (AvgIpc) is 3.37. The molecular weight excluding hydrogens is 666 g/mol. The van der Waals surface area contributed by atoms with Gasteiger partial charge in [0, 0.05) is 88.6 Å². The van der Waals surface area contributed by atoms with Gasteiger partial charge in [-0.1, -0.05) is 59.6 Å². The SMILES string of the molecule is CC(=O)N1CCN(Cc2ccc(-c3cccc(-c4cccc(NC(=O)c5nc6c(n5C)CCN(C)C6)c4Cl)c3Cl)nc2C(F)(F)F)CC1. The average molecular weight is 701 g/mol. The van der Waals surface area contributed by atoms with Crippen LogP contribution in [-0.2, 0) is 37.5 Å².